The van der Waals surface area contributed by atoms with Crippen LogP contribution < -0.4 is 5.73 Å². The third-order valence-electron chi connectivity index (χ3n) is 1.45. The molecule has 0 amide bonds. The van der Waals surface area contributed by atoms with Crippen LogP contribution in [0.25, 0.3) is 0 Å². The monoisotopic (exact) mass is 198 g/mol. The molecule has 0 aliphatic rings. The van der Waals surface area contributed by atoms with Crippen LogP contribution in [0.2, 0.25) is 0 Å². The first-order chi connectivity index (χ1) is 6.50. The molecular weight excluding hydrogens is 187 g/mol. The van der Waals surface area contributed by atoms with Crippen molar-refractivity contribution in [2.45, 2.75) is 20.0 Å². The highest BCUT2D eigenvalue weighted by Crippen LogP contribution is 2.11. The molecule has 1 rings (SSSR count). The number of ether oxygens (including phenoxy) is 1. The van der Waals surface area contributed by atoms with Crippen molar-refractivity contribution >= 4 is 11.8 Å². The Kier molecular flexibility index (Phi) is 3.01. The predicted octanol–water partition coefficient (Wildman–Crippen LogP) is 1.37. The van der Waals surface area contributed by atoms with Crippen LogP contribution in [0.5, 0.6) is 0 Å². The van der Waals surface area contributed by atoms with E-state index in [1.165, 1.54) is 6.07 Å². The van der Waals surface area contributed by atoms with E-state index >= 15 is 0 Å². The van der Waals surface area contributed by atoms with Gasteiger partial charge >= 0.3 is 5.97 Å². The van der Waals surface area contributed by atoms with Crippen molar-refractivity contribution in [3.05, 3.63) is 23.6 Å². The van der Waals surface area contributed by atoms with Crippen LogP contribution in [0.4, 0.5) is 10.2 Å². The lowest BCUT2D eigenvalue weighted by atomic mass is 10.2. The topological polar surface area (TPSA) is 65.2 Å². The molecule has 1 aromatic rings. The highest BCUT2D eigenvalue weighted by atomic mass is 19.1. The Morgan fingerprint density at radius 1 is 1.57 bits per heavy atom. The fourth-order valence-electron chi connectivity index (χ4n) is 0.900. The number of carbonyl (C=O) groups excluding carboxylic acids is 1. The number of pyridine rings is 1. The molecule has 76 valence electrons. The Hall–Kier alpha value is -1.65. The summed E-state index contributed by atoms with van der Waals surface area (Å²) in [7, 11) is 0. The molecular formula is C9H11FN2O2. The van der Waals surface area contributed by atoms with E-state index in [0.717, 1.165) is 6.07 Å². The SMILES string of the molecule is CC(C)OC(=O)c1ccc(F)nc1N. The molecule has 1 heterocycles. The number of carbonyl (C=O) groups is 1. The Morgan fingerprint density at radius 3 is 2.71 bits per heavy atom. The van der Waals surface area contributed by atoms with Crippen LogP contribution >= 0.6 is 0 Å². The average molecular weight is 198 g/mol. The lowest BCUT2D eigenvalue weighted by Crippen LogP contribution is -2.14. The summed E-state index contributed by atoms with van der Waals surface area (Å²) < 4.78 is 17.4. The molecule has 2 N–H and O–H groups in total. The molecule has 0 fully saturated rings. The van der Waals surface area contributed by atoms with Crippen LogP contribution in [0, 0.1) is 5.95 Å². The quantitative estimate of drug-likeness (QED) is 0.575. The number of nitrogens with two attached hydrogens (primary N) is 1. The number of rotatable bonds is 2. The number of nitrogen functional groups attached to an aromatic ring is 1. The van der Waals surface area contributed by atoms with Gasteiger partial charge in [-0.3, -0.25) is 0 Å². The van der Waals surface area contributed by atoms with Crippen molar-refractivity contribution in [1.29, 1.82) is 0 Å². The summed E-state index contributed by atoms with van der Waals surface area (Å²) in [6.45, 7) is 3.43. The van der Waals surface area contributed by atoms with E-state index in [0.29, 0.717) is 0 Å². The van der Waals surface area contributed by atoms with Crippen molar-refractivity contribution in [2.75, 3.05) is 5.73 Å². The number of anilines is 1. The van der Waals surface area contributed by atoms with Crippen molar-refractivity contribution in [2.24, 2.45) is 0 Å². The van der Waals surface area contributed by atoms with Crippen LogP contribution in [0.15, 0.2) is 12.1 Å². The summed E-state index contributed by atoms with van der Waals surface area (Å²) in [5.74, 6) is -1.47. The maximum Gasteiger partial charge on any atom is 0.342 e. The Labute approximate surface area is 80.9 Å². The molecule has 4 nitrogen and oxygen atoms in total. The Bertz CT molecular complexity index is 353. The van der Waals surface area contributed by atoms with Crippen LogP contribution in [-0.2, 0) is 4.74 Å². The zero-order valence-corrected chi connectivity index (χ0v) is 7.95. The van der Waals surface area contributed by atoms with Crippen molar-refractivity contribution < 1.29 is 13.9 Å². The van der Waals surface area contributed by atoms with E-state index in [2.05, 4.69) is 4.98 Å². The minimum Gasteiger partial charge on any atom is -0.459 e. The normalized spacial score (nSPS) is 10.3. The summed E-state index contributed by atoms with van der Waals surface area (Å²) in [5.41, 5.74) is 5.43. The van der Waals surface area contributed by atoms with Gasteiger partial charge in [-0.05, 0) is 26.0 Å². The number of halogens is 1. The molecule has 0 atom stereocenters. The highest BCUT2D eigenvalue weighted by Gasteiger charge is 2.13. The van der Waals surface area contributed by atoms with Gasteiger partial charge in [-0.15, -0.1) is 0 Å². The summed E-state index contributed by atoms with van der Waals surface area (Å²) in [4.78, 5) is 14.6. The molecule has 0 aliphatic carbocycles. The largest absolute Gasteiger partial charge is 0.459 e. The molecule has 5 heteroatoms. The first kappa shape index (κ1) is 10.4. The summed E-state index contributed by atoms with van der Waals surface area (Å²) in [5, 5.41) is 0. The Balaban J connectivity index is 2.90. The first-order valence-electron chi connectivity index (χ1n) is 4.13. The fourth-order valence-corrected chi connectivity index (χ4v) is 0.900. The predicted molar refractivity (Wildman–Crippen MR) is 49.2 cm³/mol. The third kappa shape index (κ3) is 2.42. The maximum absolute atomic E-state index is 12.5. The number of hydrogen-bond acceptors (Lipinski definition) is 4. The zero-order valence-electron chi connectivity index (χ0n) is 7.95. The second-order valence-corrected chi connectivity index (χ2v) is 3.02. The van der Waals surface area contributed by atoms with Crippen molar-refractivity contribution in [3.63, 3.8) is 0 Å². The maximum atomic E-state index is 12.5. The molecule has 0 radical (unpaired) electrons. The van der Waals surface area contributed by atoms with E-state index in [4.69, 9.17) is 10.5 Å². The molecule has 0 bridgehead atoms. The van der Waals surface area contributed by atoms with Gasteiger partial charge in [-0.25, -0.2) is 9.78 Å². The van der Waals surface area contributed by atoms with Crippen LogP contribution in [0.1, 0.15) is 24.2 Å². The molecule has 0 spiro atoms. The van der Waals surface area contributed by atoms with Gasteiger partial charge in [0.2, 0.25) is 5.95 Å². The van der Waals surface area contributed by atoms with E-state index in [1.807, 2.05) is 0 Å². The molecule has 0 unspecified atom stereocenters. The van der Waals surface area contributed by atoms with E-state index in [1.54, 1.807) is 13.8 Å². The second-order valence-electron chi connectivity index (χ2n) is 3.02. The van der Waals surface area contributed by atoms with Crippen LogP contribution in [-0.4, -0.2) is 17.1 Å². The first-order valence-corrected chi connectivity index (χ1v) is 4.13. The lowest BCUT2D eigenvalue weighted by Gasteiger charge is -2.08. The summed E-state index contributed by atoms with van der Waals surface area (Å²) >= 11 is 0. The van der Waals surface area contributed by atoms with E-state index in [-0.39, 0.29) is 17.5 Å². The van der Waals surface area contributed by atoms with Gasteiger partial charge in [0.25, 0.3) is 0 Å². The number of aromatic nitrogens is 1. The van der Waals surface area contributed by atoms with Crippen molar-refractivity contribution in [1.82, 2.24) is 4.98 Å². The third-order valence-corrected chi connectivity index (χ3v) is 1.45. The van der Waals surface area contributed by atoms with Gasteiger partial charge < -0.3 is 10.5 Å². The van der Waals surface area contributed by atoms with E-state index in [9.17, 15) is 9.18 Å². The lowest BCUT2D eigenvalue weighted by molar-refractivity contribution is 0.0379. The molecule has 0 aliphatic heterocycles. The molecule has 1 aromatic heterocycles. The van der Waals surface area contributed by atoms with E-state index < -0.39 is 11.9 Å². The minimum atomic E-state index is -0.719. The van der Waals surface area contributed by atoms with Gasteiger partial charge in [-0.1, -0.05) is 0 Å². The van der Waals surface area contributed by atoms with Gasteiger partial charge in [-0.2, -0.15) is 4.39 Å². The minimum absolute atomic E-state index is 0.0834. The average Bonchev–Trinajstić information content (AvgIpc) is 2.01. The highest BCUT2D eigenvalue weighted by molar-refractivity contribution is 5.94. The molecule has 0 saturated heterocycles. The second kappa shape index (κ2) is 4.04. The number of hydrogen-bond donors (Lipinski definition) is 1. The van der Waals surface area contributed by atoms with Crippen LogP contribution in [0.3, 0.4) is 0 Å². The standard InChI is InChI=1S/C9H11FN2O2/c1-5(2)14-9(13)6-3-4-7(10)12-8(6)11/h3-5H,1-2H3,(H2,11,12). The fraction of sp³-hybridized carbons (Fsp3) is 0.333. The smallest absolute Gasteiger partial charge is 0.342 e. The molecule has 0 aromatic carbocycles. The molecule has 14 heavy (non-hydrogen) atoms. The number of nitrogens with zero attached hydrogens (tertiary/aromatic N) is 1. The molecule has 0 saturated carbocycles. The summed E-state index contributed by atoms with van der Waals surface area (Å²) in [6.07, 6.45) is -0.244. The summed E-state index contributed by atoms with van der Waals surface area (Å²) in [6, 6.07) is 2.32. The van der Waals surface area contributed by atoms with Gasteiger partial charge in [0, 0.05) is 0 Å². The Morgan fingerprint density at radius 2 is 2.21 bits per heavy atom. The zero-order chi connectivity index (χ0) is 10.7. The van der Waals surface area contributed by atoms with Gasteiger partial charge in [0.1, 0.15) is 11.4 Å². The van der Waals surface area contributed by atoms with Gasteiger partial charge in [0.15, 0.2) is 0 Å². The van der Waals surface area contributed by atoms with Gasteiger partial charge in [0.05, 0.1) is 6.10 Å². The van der Waals surface area contributed by atoms with Crippen molar-refractivity contribution in [3.8, 4) is 0 Å². The number of esters is 1.